The third kappa shape index (κ3) is 2.67. The number of hydrogen-bond donors (Lipinski definition) is 0. The molecular formula is C23H27N3O2. The molecule has 5 heteroatoms. The fourth-order valence-corrected chi connectivity index (χ4v) is 5.60. The summed E-state index contributed by atoms with van der Waals surface area (Å²) in [7, 11) is 0. The number of rotatable bonds is 2. The molecule has 3 atom stereocenters. The summed E-state index contributed by atoms with van der Waals surface area (Å²) in [5, 5.41) is 0. The normalized spacial score (nSPS) is 29.9. The zero-order valence-electron chi connectivity index (χ0n) is 16.4. The first-order valence-corrected chi connectivity index (χ1v) is 10.5. The molecule has 2 aromatic rings. The molecule has 0 radical (unpaired) electrons. The molecule has 1 aromatic carbocycles. The highest BCUT2D eigenvalue weighted by atomic mass is 16.5. The first-order chi connectivity index (χ1) is 13.7. The molecule has 1 unspecified atom stereocenters. The van der Waals surface area contributed by atoms with Crippen LogP contribution in [0.5, 0.6) is 0 Å². The number of nitrogens with zero attached hydrogens (tertiary/aromatic N) is 3. The van der Waals surface area contributed by atoms with E-state index in [9.17, 15) is 4.79 Å². The maximum Gasteiger partial charge on any atom is 0.225 e. The van der Waals surface area contributed by atoms with Gasteiger partial charge in [0.05, 0.1) is 18.9 Å². The van der Waals surface area contributed by atoms with Crippen LogP contribution in [0.25, 0.3) is 0 Å². The SMILES string of the molecule is C[C@@H]1C(=O)CCC2(c3ccccc3)c3nc(N4CCOCC4)ncc3CC[C@@H]12. The second kappa shape index (κ2) is 6.96. The average molecular weight is 377 g/mol. The summed E-state index contributed by atoms with van der Waals surface area (Å²) in [5.74, 6) is 1.59. The minimum absolute atomic E-state index is 0.0731. The molecule has 2 heterocycles. The van der Waals surface area contributed by atoms with Crippen molar-refractivity contribution in [3.8, 4) is 0 Å². The van der Waals surface area contributed by atoms with E-state index in [0.717, 1.165) is 57.2 Å². The molecule has 5 rings (SSSR count). The highest BCUT2D eigenvalue weighted by Gasteiger charge is 2.53. The summed E-state index contributed by atoms with van der Waals surface area (Å²) in [4.78, 5) is 24.7. The number of benzene rings is 1. The first kappa shape index (κ1) is 17.8. The number of hydrogen-bond acceptors (Lipinski definition) is 5. The van der Waals surface area contributed by atoms with E-state index in [0.29, 0.717) is 18.1 Å². The number of ketones is 1. The molecule has 0 amide bonds. The molecule has 3 aliphatic rings. The van der Waals surface area contributed by atoms with Gasteiger partial charge in [-0.25, -0.2) is 9.97 Å². The summed E-state index contributed by atoms with van der Waals surface area (Å²) in [6.45, 7) is 5.22. The second-order valence-corrected chi connectivity index (χ2v) is 8.38. The van der Waals surface area contributed by atoms with Crippen LogP contribution in [0, 0.1) is 11.8 Å². The number of aryl methyl sites for hydroxylation is 1. The minimum Gasteiger partial charge on any atom is -0.378 e. The summed E-state index contributed by atoms with van der Waals surface area (Å²) in [5.41, 5.74) is 3.52. The van der Waals surface area contributed by atoms with Gasteiger partial charge in [-0.3, -0.25) is 4.79 Å². The number of aromatic nitrogens is 2. The number of carbonyl (C=O) groups excluding carboxylic acids is 1. The van der Waals surface area contributed by atoms with E-state index in [1.807, 2.05) is 6.20 Å². The Labute approximate surface area is 166 Å². The van der Waals surface area contributed by atoms with Crippen molar-refractivity contribution in [1.29, 1.82) is 0 Å². The van der Waals surface area contributed by atoms with Gasteiger partial charge < -0.3 is 9.64 Å². The Kier molecular flexibility index (Phi) is 4.43. The van der Waals surface area contributed by atoms with Crippen LogP contribution >= 0.6 is 0 Å². The molecule has 146 valence electrons. The second-order valence-electron chi connectivity index (χ2n) is 8.38. The lowest BCUT2D eigenvalue weighted by atomic mass is 9.53. The van der Waals surface area contributed by atoms with E-state index in [1.165, 1.54) is 11.1 Å². The molecule has 0 N–H and O–H groups in total. The molecule has 2 aliphatic carbocycles. The summed E-state index contributed by atoms with van der Waals surface area (Å²) >= 11 is 0. The molecule has 0 spiro atoms. The van der Waals surface area contributed by atoms with Crippen molar-refractivity contribution in [3.63, 3.8) is 0 Å². The lowest BCUT2D eigenvalue weighted by Crippen LogP contribution is -2.50. The van der Waals surface area contributed by atoms with Gasteiger partial charge in [-0.15, -0.1) is 0 Å². The Morgan fingerprint density at radius 3 is 2.71 bits per heavy atom. The van der Waals surface area contributed by atoms with E-state index < -0.39 is 0 Å². The predicted molar refractivity (Wildman–Crippen MR) is 108 cm³/mol. The lowest BCUT2D eigenvalue weighted by molar-refractivity contribution is -0.128. The third-order valence-corrected chi connectivity index (χ3v) is 7.09. The monoisotopic (exact) mass is 377 g/mol. The fourth-order valence-electron chi connectivity index (χ4n) is 5.60. The molecule has 2 fully saturated rings. The Hall–Kier alpha value is -2.27. The van der Waals surface area contributed by atoms with E-state index in [2.05, 4.69) is 42.2 Å². The minimum atomic E-state index is -0.188. The van der Waals surface area contributed by atoms with Gasteiger partial charge in [0.2, 0.25) is 5.95 Å². The zero-order chi connectivity index (χ0) is 19.1. The number of fused-ring (bicyclic) bond motifs is 3. The van der Waals surface area contributed by atoms with Crippen LogP contribution < -0.4 is 4.90 Å². The standard InChI is InChI=1S/C23H27N3O2/c1-16-19-8-7-17-15-24-22(26-11-13-28-14-12-26)25-21(17)23(19,10-9-20(16)27)18-5-3-2-4-6-18/h2-6,15-16,19H,7-14H2,1H3/t16-,19-,23?/m0/s1. The van der Waals surface area contributed by atoms with Crippen LogP contribution in [-0.4, -0.2) is 42.1 Å². The van der Waals surface area contributed by atoms with Crippen LogP contribution in [0.3, 0.4) is 0 Å². The largest absolute Gasteiger partial charge is 0.378 e. The van der Waals surface area contributed by atoms with Crippen molar-refractivity contribution in [2.45, 2.75) is 38.0 Å². The molecule has 28 heavy (non-hydrogen) atoms. The summed E-state index contributed by atoms with van der Waals surface area (Å²) < 4.78 is 5.50. The molecule has 1 aromatic heterocycles. The van der Waals surface area contributed by atoms with E-state index in [1.54, 1.807) is 0 Å². The maximum atomic E-state index is 12.6. The Morgan fingerprint density at radius 2 is 1.93 bits per heavy atom. The summed E-state index contributed by atoms with van der Waals surface area (Å²) in [6, 6.07) is 10.7. The van der Waals surface area contributed by atoms with Crippen molar-refractivity contribution >= 4 is 11.7 Å². The van der Waals surface area contributed by atoms with Crippen LogP contribution in [0.1, 0.15) is 43.0 Å². The van der Waals surface area contributed by atoms with Crippen molar-refractivity contribution in [3.05, 3.63) is 53.3 Å². The van der Waals surface area contributed by atoms with Crippen molar-refractivity contribution < 1.29 is 9.53 Å². The molecule has 1 saturated heterocycles. The van der Waals surface area contributed by atoms with Crippen molar-refractivity contribution in [2.75, 3.05) is 31.2 Å². The molecular weight excluding hydrogens is 350 g/mol. The average Bonchev–Trinajstić information content (AvgIpc) is 2.77. The van der Waals surface area contributed by atoms with Gasteiger partial charge in [0.25, 0.3) is 0 Å². The van der Waals surface area contributed by atoms with E-state index in [4.69, 9.17) is 14.7 Å². The number of anilines is 1. The van der Waals surface area contributed by atoms with Gasteiger partial charge in [0, 0.05) is 37.0 Å². The van der Waals surface area contributed by atoms with E-state index in [-0.39, 0.29) is 11.3 Å². The zero-order valence-corrected chi connectivity index (χ0v) is 16.4. The van der Waals surface area contributed by atoms with Gasteiger partial charge >= 0.3 is 0 Å². The lowest BCUT2D eigenvalue weighted by Gasteiger charge is -2.50. The van der Waals surface area contributed by atoms with Gasteiger partial charge in [-0.05, 0) is 36.3 Å². The van der Waals surface area contributed by atoms with E-state index >= 15 is 0 Å². The quantitative estimate of drug-likeness (QED) is 0.805. The number of carbonyl (C=O) groups is 1. The van der Waals surface area contributed by atoms with Crippen molar-refractivity contribution in [2.24, 2.45) is 11.8 Å². The summed E-state index contributed by atoms with van der Waals surface area (Å²) in [6.07, 6.45) is 5.49. The highest BCUT2D eigenvalue weighted by molar-refractivity contribution is 5.83. The number of ether oxygens (including phenoxy) is 1. The Balaban J connectivity index is 1.67. The van der Waals surface area contributed by atoms with Gasteiger partial charge in [0.15, 0.2) is 0 Å². The molecule has 1 saturated carbocycles. The number of morpholine rings is 1. The maximum absolute atomic E-state index is 12.6. The topological polar surface area (TPSA) is 55.3 Å². The van der Waals surface area contributed by atoms with Crippen LogP contribution in [0.2, 0.25) is 0 Å². The fraction of sp³-hybridized carbons (Fsp3) is 0.522. The Bertz CT molecular complexity index is 879. The first-order valence-electron chi connectivity index (χ1n) is 10.5. The van der Waals surface area contributed by atoms with Crippen LogP contribution in [-0.2, 0) is 21.4 Å². The third-order valence-electron chi connectivity index (χ3n) is 7.09. The van der Waals surface area contributed by atoms with Crippen LogP contribution in [0.4, 0.5) is 5.95 Å². The van der Waals surface area contributed by atoms with Crippen molar-refractivity contribution in [1.82, 2.24) is 9.97 Å². The molecule has 1 aliphatic heterocycles. The van der Waals surface area contributed by atoms with Gasteiger partial charge in [-0.1, -0.05) is 37.3 Å². The predicted octanol–water partition coefficient (Wildman–Crippen LogP) is 3.16. The Morgan fingerprint density at radius 1 is 1.14 bits per heavy atom. The van der Waals surface area contributed by atoms with Gasteiger partial charge in [0.1, 0.15) is 5.78 Å². The number of Topliss-reactive ketones (excluding diaryl/α,β-unsaturated/α-hetero) is 1. The van der Waals surface area contributed by atoms with Gasteiger partial charge in [-0.2, -0.15) is 0 Å². The van der Waals surface area contributed by atoms with Crippen LogP contribution in [0.15, 0.2) is 36.5 Å². The molecule has 5 nitrogen and oxygen atoms in total. The smallest absolute Gasteiger partial charge is 0.225 e. The molecule has 0 bridgehead atoms. The highest BCUT2D eigenvalue weighted by Crippen LogP contribution is 2.54.